The van der Waals surface area contributed by atoms with Crippen molar-refractivity contribution in [3.8, 4) is 11.9 Å². The van der Waals surface area contributed by atoms with Crippen molar-refractivity contribution >= 4 is 17.7 Å². The fourth-order valence-corrected chi connectivity index (χ4v) is 1.80. The van der Waals surface area contributed by atoms with Gasteiger partial charge in [-0.2, -0.15) is 4.98 Å². The summed E-state index contributed by atoms with van der Waals surface area (Å²) in [4.78, 5) is 19.9. The van der Waals surface area contributed by atoms with E-state index in [4.69, 9.17) is 9.47 Å². The molecule has 22 heavy (non-hydrogen) atoms. The van der Waals surface area contributed by atoms with E-state index in [1.165, 1.54) is 26.5 Å². The summed E-state index contributed by atoms with van der Waals surface area (Å²) in [5.74, 6) is -0.0557. The lowest BCUT2D eigenvalue weighted by Gasteiger charge is -2.08. The Hall–Kier alpha value is -2.89. The average molecular weight is 299 g/mol. The predicted octanol–water partition coefficient (Wildman–Crippen LogP) is 2.45. The maximum absolute atomic E-state index is 12.0. The van der Waals surface area contributed by atoms with Crippen LogP contribution in [0.4, 0.5) is 5.69 Å². The summed E-state index contributed by atoms with van der Waals surface area (Å²) in [6.45, 7) is 1.98. The quantitative estimate of drug-likeness (QED) is 0.858. The molecule has 0 aliphatic carbocycles. The second kappa shape index (κ2) is 7.21. The number of carbonyl (C=O) groups excluding carboxylic acids is 1. The lowest BCUT2D eigenvalue weighted by atomic mass is 10.1. The lowest BCUT2D eigenvalue weighted by molar-refractivity contribution is -0.111. The maximum atomic E-state index is 12.0. The molecule has 0 radical (unpaired) electrons. The first-order valence-corrected chi connectivity index (χ1v) is 6.63. The Morgan fingerprint density at radius 2 is 2.00 bits per heavy atom. The van der Waals surface area contributed by atoms with Crippen molar-refractivity contribution in [1.82, 2.24) is 9.97 Å². The summed E-state index contributed by atoms with van der Waals surface area (Å²) in [7, 11) is 2.92. The molecule has 1 aromatic heterocycles. The molecule has 0 unspecified atom stereocenters. The number of hydrogen-bond acceptors (Lipinski definition) is 5. The van der Waals surface area contributed by atoms with Crippen molar-refractivity contribution in [3.63, 3.8) is 0 Å². The van der Waals surface area contributed by atoms with Crippen LogP contribution in [0.5, 0.6) is 11.9 Å². The van der Waals surface area contributed by atoms with Gasteiger partial charge in [-0.1, -0.05) is 24.3 Å². The number of aryl methyl sites for hydroxylation is 1. The molecule has 1 N–H and O–H groups in total. The number of methoxy groups -OCH3 is 2. The van der Waals surface area contributed by atoms with Crippen molar-refractivity contribution < 1.29 is 14.3 Å². The topological polar surface area (TPSA) is 73.3 Å². The minimum Gasteiger partial charge on any atom is -0.479 e. The van der Waals surface area contributed by atoms with Gasteiger partial charge < -0.3 is 14.8 Å². The van der Waals surface area contributed by atoms with Crippen LogP contribution in [0.3, 0.4) is 0 Å². The van der Waals surface area contributed by atoms with Crippen LogP contribution in [0.1, 0.15) is 11.1 Å². The van der Waals surface area contributed by atoms with Gasteiger partial charge in [-0.05, 0) is 24.1 Å². The molecule has 0 aliphatic rings. The van der Waals surface area contributed by atoms with E-state index in [0.717, 1.165) is 11.1 Å². The van der Waals surface area contributed by atoms with Crippen molar-refractivity contribution in [2.45, 2.75) is 6.92 Å². The second-order valence-electron chi connectivity index (χ2n) is 4.46. The number of ether oxygens (including phenoxy) is 2. The molecule has 0 saturated heterocycles. The van der Waals surface area contributed by atoms with Crippen LogP contribution in [0.25, 0.3) is 6.08 Å². The first kappa shape index (κ1) is 15.5. The second-order valence-corrected chi connectivity index (χ2v) is 4.46. The van der Waals surface area contributed by atoms with E-state index in [1.807, 2.05) is 31.2 Å². The maximum Gasteiger partial charge on any atom is 0.319 e. The van der Waals surface area contributed by atoms with E-state index in [9.17, 15) is 4.79 Å². The van der Waals surface area contributed by atoms with Gasteiger partial charge in [-0.25, -0.2) is 4.98 Å². The molecule has 0 aliphatic heterocycles. The minimum atomic E-state index is -0.296. The van der Waals surface area contributed by atoms with Crippen LogP contribution < -0.4 is 14.8 Å². The van der Waals surface area contributed by atoms with Gasteiger partial charge in [-0.15, -0.1) is 0 Å². The molecule has 2 rings (SSSR count). The molecule has 0 fully saturated rings. The Morgan fingerprint density at radius 3 is 2.68 bits per heavy atom. The van der Waals surface area contributed by atoms with E-state index in [-0.39, 0.29) is 17.8 Å². The number of rotatable bonds is 5. The lowest BCUT2D eigenvalue weighted by Crippen LogP contribution is -2.10. The normalized spacial score (nSPS) is 10.5. The zero-order chi connectivity index (χ0) is 15.9. The van der Waals surface area contributed by atoms with Crippen LogP contribution in [0, 0.1) is 6.92 Å². The van der Waals surface area contributed by atoms with Gasteiger partial charge in [0, 0.05) is 6.08 Å². The SMILES string of the molecule is COc1ncc(NC(=O)/C=C/c2ccccc2C)c(OC)n1. The number of anilines is 1. The van der Waals surface area contributed by atoms with Gasteiger partial charge in [0.05, 0.1) is 20.4 Å². The Balaban J connectivity index is 2.11. The molecule has 1 heterocycles. The van der Waals surface area contributed by atoms with Crippen molar-refractivity contribution in [2.75, 3.05) is 19.5 Å². The molecule has 1 aromatic carbocycles. The fraction of sp³-hybridized carbons (Fsp3) is 0.188. The highest BCUT2D eigenvalue weighted by atomic mass is 16.5. The molecule has 2 aromatic rings. The highest BCUT2D eigenvalue weighted by Gasteiger charge is 2.09. The van der Waals surface area contributed by atoms with E-state index in [2.05, 4.69) is 15.3 Å². The Labute approximate surface area is 128 Å². The van der Waals surface area contributed by atoms with E-state index in [0.29, 0.717) is 5.69 Å². The first-order valence-electron chi connectivity index (χ1n) is 6.63. The minimum absolute atomic E-state index is 0.172. The Kier molecular flexibility index (Phi) is 5.08. The average Bonchev–Trinajstić information content (AvgIpc) is 2.54. The Bertz CT molecular complexity index is 699. The fourth-order valence-electron chi connectivity index (χ4n) is 1.80. The third kappa shape index (κ3) is 3.82. The van der Waals surface area contributed by atoms with Gasteiger partial charge in [0.15, 0.2) is 0 Å². The molecule has 0 saturated carbocycles. The zero-order valence-corrected chi connectivity index (χ0v) is 12.7. The van der Waals surface area contributed by atoms with E-state index in [1.54, 1.807) is 6.08 Å². The van der Waals surface area contributed by atoms with Crippen LogP contribution in [0.2, 0.25) is 0 Å². The molecule has 6 heteroatoms. The Morgan fingerprint density at radius 1 is 1.23 bits per heavy atom. The van der Waals surface area contributed by atoms with Crippen LogP contribution in [-0.2, 0) is 4.79 Å². The smallest absolute Gasteiger partial charge is 0.319 e. The summed E-state index contributed by atoms with van der Waals surface area (Å²) in [5.41, 5.74) is 2.45. The van der Waals surface area contributed by atoms with Gasteiger partial charge >= 0.3 is 6.01 Å². The number of amides is 1. The summed E-state index contributed by atoms with van der Waals surface area (Å²) < 4.78 is 10.0. The van der Waals surface area contributed by atoms with Gasteiger partial charge in [0.1, 0.15) is 5.69 Å². The number of hydrogen-bond donors (Lipinski definition) is 1. The van der Waals surface area contributed by atoms with Gasteiger partial charge in [0.2, 0.25) is 11.8 Å². The molecule has 0 atom stereocenters. The molecule has 1 amide bonds. The summed E-state index contributed by atoms with van der Waals surface area (Å²) in [6.07, 6.45) is 4.64. The van der Waals surface area contributed by atoms with E-state index < -0.39 is 0 Å². The van der Waals surface area contributed by atoms with Crippen molar-refractivity contribution in [3.05, 3.63) is 47.7 Å². The van der Waals surface area contributed by atoms with Crippen molar-refractivity contribution in [1.29, 1.82) is 0 Å². The largest absolute Gasteiger partial charge is 0.479 e. The summed E-state index contributed by atoms with van der Waals surface area (Å²) in [6, 6.07) is 7.97. The number of aromatic nitrogens is 2. The van der Waals surface area contributed by atoms with Crippen LogP contribution in [0.15, 0.2) is 36.5 Å². The monoisotopic (exact) mass is 299 g/mol. The molecule has 114 valence electrons. The third-order valence-corrected chi connectivity index (χ3v) is 2.97. The summed E-state index contributed by atoms with van der Waals surface area (Å²) >= 11 is 0. The van der Waals surface area contributed by atoms with E-state index >= 15 is 0 Å². The standard InChI is InChI=1S/C16H17N3O3/c1-11-6-4-5-7-12(11)8-9-14(20)18-13-10-17-16(22-3)19-15(13)21-2/h4-10H,1-3H3,(H,18,20)/b9-8+. The predicted molar refractivity (Wildman–Crippen MR) is 84.0 cm³/mol. The highest BCUT2D eigenvalue weighted by molar-refractivity contribution is 6.02. The van der Waals surface area contributed by atoms with Crippen LogP contribution >= 0.6 is 0 Å². The molecular formula is C16H17N3O3. The zero-order valence-electron chi connectivity index (χ0n) is 12.7. The molecule has 0 bridgehead atoms. The van der Waals surface area contributed by atoms with Crippen LogP contribution in [-0.4, -0.2) is 30.1 Å². The molecule has 6 nitrogen and oxygen atoms in total. The van der Waals surface area contributed by atoms with Crippen molar-refractivity contribution in [2.24, 2.45) is 0 Å². The molecule has 0 spiro atoms. The highest BCUT2D eigenvalue weighted by Crippen LogP contribution is 2.22. The number of benzene rings is 1. The number of nitrogens with one attached hydrogen (secondary N) is 1. The first-order chi connectivity index (χ1) is 10.6. The van der Waals surface area contributed by atoms with Gasteiger partial charge in [0.25, 0.3) is 0 Å². The van der Waals surface area contributed by atoms with Gasteiger partial charge in [-0.3, -0.25) is 4.79 Å². The number of nitrogens with zero attached hydrogens (tertiary/aromatic N) is 2. The molecular weight excluding hydrogens is 282 g/mol. The number of carbonyl (C=O) groups is 1. The third-order valence-electron chi connectivity index (χ3n) is 2.97. The summed E-state index contributed by atoms with van der Waals surface area (Å²) in [5, 5.41) is 2.67.